The molecule has 0 aliphatic carbocycles. The van der Waals surface area contributed by atoms with Gasteiger partial charge in [0.1, 0.15) is 5.75 Å². The number of hydrogen-bond donors (Lipinski definition) is 1. The summed E-state index contributed by atoms with van der Waals surface area (Å²) in [6, 6.07) is 15.0. The van der Waals surface area contributed by atoms with E-state index >= 15 is 0 Å². The zero-order chi connectivity index (χ0) is 27.5. The number of nitrogens with one attached hydrogen (secondary N) is 1. The van der Waals surface area contributed by atoms with Gasteiger partial charge < -0.3 is 10.1 Å². The van der Waals surface area contributed by atoms with Gasteiger partial charge in [0, 0.05) is 59.7 Å². The molecular weight excluding hydrogens is 527 g/mol. The first-order valence-corrected chi connectivity index (χ1v) is 11.8. The van der Waals surface area contributed by atoms with E-state index in [1.165, 1.54) is 49.6 Å². The number of carbonyl (C=O) groups is 1. The monoisotopic (exact) mass is 544 g/mol. The Morgan fingerprint density at radius 2 is 1.74 bits per heavy atom. The maximum absolute atomic E-state index is 15.0. The number of carbonyl (C=O) groups excluding carboxylic acids is 1. The molecule has 0 aliphatic rings. The highest BCUT2D eigenvalue weighted by molar-refractivity contribution is 6.30. The molecule has 0 aliphatic heterocycles. The SMILES string of the molecule is Cn1c(=O)c(C(=O)Nc2ccc(Oc3ccncc3-c3cccnc3)c(F)c2)nn(-c2ccc(Cl)cc2)c1=O. The van der Waals surface area contributed by atoms with Gasteiger partial charge in [-0.1, -0.05) is 17.7 Å². The predicted octanol–water partition coefficient (Wildman–Crippen LogP) is 4.23. The molecular formula is C27H18ClFN6O4. The molecule has 0 unspecified atom stereocenters. The minimum absolute atomic E-state index is 0.0418. The van der Waals surface area contributed by atoms with Crippen molar-refractivity contribution in [3.8, 4) is 28.3 Å². The van der Waals surface area contributed by atoms with Crippen molar-refractivity contribution in [3.63, 3.8) is 0 Å². The molecule has 3 heterocycles. The van der Waals surface area contributed by atoms with Crippen molar-refractivity contribution in [1.82, 2.24) is 24.3 Å². The van der Waals surface area contributed by atoms with Crippen molar-refractivity contribution < 1.29 is 13.9 Å². The van der Waals surface area contributed by atoms with Gasteiger partial charge in [-0.2, -0.15) is 9.78 Å². The van der Waals surface area contributed by atoms with Crippen LogP contribution in [0.15, 0.2) is 95.0 Å². The van der Waals surface area contributed by atoms with Crippen LogP contribution in [0.3, 0.4) is 0 Å². The molecule has 1 N–H and O–H groups in total. The quantitative estimate of drug-likeness (QED) is 0.339. The van der Waals surface area contributed by atoms with E-state index in [0.29, 0.717) is 22.0 Å². The van der Waals surface area contributed by atoms with E-state index < -0.39 is 28.7 Å². The summed E-state index contributed by atoms with van der Waals surface area (Å²) in [5.41, 5.74) is -0.551. The molecule has 0 fully saturated rings. The van der Waals surface area contributed by atoms with E-state index in [2.05, 4.69) is 20.4 Å². The van der Waals surface area contributed by atoms with Crippen LogP contribution in [0.2, 0.25) is 5.02 Å². The lowest BCUT2D eigenvalue weighted by Crippen LogP contribution is -2.43. The van der Waals surface area contributed by atoms with Crippen LogP contribution in [-0.4, -0.2) is 30.2 Å². The third kappa shape index (κ3) is 5.29. The Kier molecular flexibility index (Phi) is 6.98. The first kappa shape index (κ1) is 25.5. The van der Waals surface area contributed by atoms with Crippen LogP contribution in [0, 0.1) is 5.82 Å². The number of nitrogens with zero attached hydrogens (tertiary/aromatic N) is 5. The van der Waals surface area contributed by atoms with Gasteiger partial charge in [-0.25, -0.2) is 9.18 Å². The van der Waals surface area contributed by atoms with Crippen molar-refractivity contribution in [2.24, 2.45) is 7.05 Å². The lowest BCUT2D eigenvalue weighted by molar-refractivity contribution is 0.101. The minimum Gasteiger partial charge on any atom is -0.454 e. The number of benzene rings is 2. The standard InChI is InChI=1S/C27H18ClFN6O4/c1-34-26(37)24(33-35(27(34)38)19-7-4-17(28)5-8-19)25(36)32-18-6-9-23(21(29)13-18)39-22-10-12-31-15-20(22)16-3-2-11-30-14-16/h2-15H,1H3,(H,32,36). The van der Waals surface area contributed by atoms with E-state index in [1.807, 2.05) is 6.07 Å². The van der Waals surface area contributed by atoms with Crippen molar-refractivity contribution in [2.45, 2.75) is 0 Å². The van der Waals surface area contributed by atoms with Crippen molar-refractivity contribution in [3.05, 3.63) is 123 Å². The number of amides is 1. The second-order valence-electron chi connectivity index (χ2n) is 8.20. The summed E-state index contributed by atoms with van der Waals surface area (Å²) in [7, 11) is 1.22. The van der Waals surface area contributed by atoms with E-state index in [4.69, 9.17) is 16.3 Å². The van der Waals surface area contributed by atoms with Crippen LogP contribution in [0.1, 0.15) is 10.5 Å². The first-order valence-electron chi connectivity index (χ1n) is 11.4. The van der Waals surface area contributed by atoms with Crippen LogP contribution < -0.4 is 21.3 Å². The maximum atomic E-state index is 15.0. The van der Waals surface area contributed by atoms with Gasteiger partial charge in [0.15, 0.2) is 11.6 Å². The highest BCUT2D eigenvalue weighted by Gasteiger charge is 2.20. The molecule has 12 heteroatoms. The van der Waals surface area contributed by atoms with Gasteiger partial charge in [0.2, 0.25) is 5.69 Å². The number of pyridine rings is 2. The lowest BCUT2D eigenvalue weighted by atomic mass is 10.1. The Morgan fingerprint density at radius 1 is 0.974 bits per heavy atom. The van der Waals surface area contributed by atoms with Gasteiger partial charge in [-0.3, -0.25) is 24.1 Å². The fourth-order valence-electron chi connectivity index (χ4n) is 3.65. The van der Waals surface area contributed by atoms with Gasteiger partial charge in [-0.05, 0) is 48.5 Å². The number of halogens is 2. The zero-order valence-corrected chi connectivity index (χ0v) is 21.0. The zero-order valence-electron chi connectivity index (χ0n) is 20.2. The van der Waals surface area contributed by atoms with Gasteiger partial charge in [0.05, 0.1) is 5.69 Å². The molecule has 0 radical (unpaired) electrons. The maximum Gasteiger partial charge on any atom is 0.351 e. The fourth-order valence-corrected chi connectivity index (χ4v) is 3.77. The molecule has 0 atom stereocenters. The van der Waals surface area contributed by atoms with E-state index in [9.17, 15) is 18.8 Å². The van der Waals surface area contributed by atoms with E-state index in [1.54, 1.807) is 30.7 Å². The van der Waals surface area contributed by atoms with Crippen molar-refractivity contribution in [2.75, 3.05) is 5.32 Å². The van der Waals surface area contributed by atoms with Crippen LogP contribution in [0.25, 0.3) is 16.8 Å². The van der Waals surface area contributed by atoms with Crippen LogP contribution in [0.5, 0.6) is 11.5 Å². The summed E-state index contributed by atoms with van der Waals surface area (Å²) in [4.78, 5) is 46.3. The van der Waals surface area contributed by atoms with Crippen molar-refractivity contribution >= 4 is 23.2 Å². The van der Waals surface area contributed by atoms with Crippen LogP contribution >= 0.6 is 11.6 Å². The minimum atomic E-state index is -0.931. The molecule has 39 heavy (non-hydrogen) atoms. The molecule has 5 aromatic rings. The highest BCUT2D eigenvalue weighted by Crippen LogP contribution is 2.33. The predicted molar refractivity (Wildman–Crippen MR) is 142 cm³/mol. The second-order valence-corrected chi connectivity index (χ2v) is 8.63. The fraction of sp³-hybridized carbons (Fsp3) is 0.0370. The number of aromatic nitrogens is 5. The number of rotatable bonds is 6. The topological polar surface area (TPSA) is 121 Å². The van der Waals surface area contributed by atoms with Crippen LogP contribution in [-0.2, 0) is 7.05 Å². The summed E-state index contributed by atoms with van der Waals surface area (Å²) in [5, 5.41) is 6.82. The second kappa shape index (κ2) is 10.7. The number of ether oxygens (including phenoxy) is 1. The molecule has 0 bridgehead atoms. The largest absolute Gasteiger partial charge is 0.454 e. The summed E-state index contributed by atoms with van der Waals surface area (Å²) in [6.07, 6.45) is 6.35. The summed E-state index contributed by atoms with van der Waals surface area (Å²) in [6.45, 7) is 0. The lowest BCUT2D eigenvalue weighted by Gasteiger charge is -2.13. The number of hydrogen-bond acceptors (Lipinski definition) is 7. The molecule has 5 rings (SSSR count). The van der Waals surface area contributed by atoms with Crippen molar-refractivity contribution in [1.29, 1.82) is 0 Å². The summed E-state index contributed by atoms with van der Waals surface area (Å²) >= 11 is 5.90. The Hall–Kier alpha value is -5.16. The third-order valence-corrected chi connectivity index (χ3v) is 5.88. The van der Waals surface area contributed by atoms with Gasteiger partial charge in [0.25, 0.3) is 11.5 Å². The molecule has 0 saturated heterocycles. The highest BCUT2D eigenvalue weighted by atomic mass is 35.5. The van der Waals surface area contributed by atoms with E-state index in [-0.39, 0.29) is 11.4 Å². The molecule has 2 aromatic carbocycles. The summed E-state index contributed by atoms with van der Waals surface area (Å²) in [5.74, 6) is -1.45. The molecule has 1 amide bonds. The average Bonchev–Trinajstić information content (AvgIpc) is 2.95. The van der Waals surface area contributed by atoms with Crippen LogP contribution in [0.4, 0.5) is 10.1 Å². The molecule has 3 aromatic heterocycles. The molecule has 194 valence electrons. The Labute approximate surface area is 224 Å². The molecule has 0 saturated carbocycles. The number of anilines is 1. The van der Waals surface area contributed by atoms with E-state index in [0.717, 1.165) is 20.9 Å². The summed E-state index contributed by atoms with van der Waals surface area (Å²) < 4.78 is 22.4. The smallest absolute Gasteiger partial charge is 0.351 e. The molecule has 10 nitrogen and oxygen atoms in total. The van der Waals surface area contributed by atoms with Gasteiger partial charge in [-0.15, -0.1) is 0 Å². The Bertz CT molecular complexity index is 1810. The Morgan fingerprint density at radius 3 is 2.46 bits per heavy atom. The first-order chi connectivity index (χ1) is 18.8. The van der Waals surface area contributed by atoms with Gasteiger partial charge >= 0.3 is 5.69 Å². The molecule has 0 spiro atoms. The average molecular weight is 545 g/mol. The Balaban J connectivity index is 1.40. The third-order valence-electron chi connectivity index (χ3n) is 5.62. The normalized spacial score (nSPS) is 10.7.